The minimum Gasteiger partial charge on any atom is -0.374 e. The zero-order chi connectivity index (χ0) is 19.8. The lowest BCUT2D eigenvalue weighted by Gasteiger charge is -2.11. The van der Waals surface area contributed by atoms with Crippen molar-refractivity contribution in [3.8, 4) is 5.75 Å². The van der Waals surface area contributed by atoms with E-state index in [4.69, 9.17) is 0 Å². The number of hydrogen-bond donors (Lipinski definition) is 0. The van der Waals surface area contributed by atoms with Crippen molar-refractivity contribution < 1.29 is 43.3 Å². The summed E-state index contributed by atoms with van der Waals surface area (Å²) in [7, 11) is -5.95. The van der Waals surface area contributed by atoms with Gasteiger partial charge in [-0.2, -0.15) is 45.0 Å². The Labute approximate surface area is 141 Å². The molecule has 2 aromatic rings. The Bertz CT molecular complexity index is 911. The van der Waals surface area contributed by atoms with Gasteiger partial charge in [-0.25, -0.2) is 4.39 Å². The van der Waals surface area contributed by atoms with Crippen LogP contribution >= 0.6 is 0 Å². The predicted octanol–water partition coefficient (Wildman–Crippen LogP) is 3.45. The molecular weight excluding hydrogens is 397 g/mol. The van der Waals surface area contributed by atoms with E-state index in [0.717, 1.165) is 12.1 Å². The van der Waals surface area contributed by atoms with E-state index in [9.17, 15) is 39.2 Å². The normalized spacial score (nSPS) is 12.9. The second kappa shape index (κ2) is 6.70. The largest absolute Gasteiger partial charge is 0.534 e. The maximum absolute atomic E-state index is 13.3. The highest BCUT2D eigenvalue weighted by Gasteiger charge is 2.48. The van der Waals surface area contributed by atoms with E-state index in [-0.39, 0.29) is 17.3 Å². The molecule has 0 bridgehead atoms. The van der Waals surface area contributed by atoms with Gasteiger partial charge in [-0.05, 0) is 23.8 Å². The molecule has 2 rings (SSSR count). The van der Waals surface area contributed by atoms with E-state index in [2.05, 4.69) is 14.4 Å². The van der Waals surface area contributed by atoms with Crippen molar-refractivity contribution in [1.82, 2.24) is 10.2 Å². The number of nitrogens with zero attached hydrogens (tertiary/aromatic N) is 2. The Morgan fingerprint density at radius 1 is 1.00 bits per heavy atom. The van der Waals surface area contributed by atoms with Crippen molar-refractivity contribution in [2.24, 2.45) is 0 Å². The van der Waals surface area contributed by atoms with Gasteiger partial charge in [0.2, 0.25) is 0 Å². The van der Waals surface area contributed by atoms with Crippen LogP contribution in [0.4, 0.5) is 30.7 Å². The topological polar surface area (TPSA) is 69.2 Å². The SMILES string of the molecule is O=S(=O)(Oc1cnnc(Cc2cc(F)cc(C(F)(F)F)c2)c1)C(F)(F)F. The monoisotopic (exact) mass is 404 g/mol. The second-order valence-electron chi connectivity index (χ2n) is 4.89. The van der Waals surface area contributed by atoms with E-state index in [1.54, 1.807) is 0 Å². The van der Waals surface area contributed by atoms with Crippen LogP contribution < -0.4 is 4.18 Å². The standard InChI is InChI=1S/C13H7F7N2O3S/c14-9-2-7(1-8(4-9)12(15,16)17)3-10-5-11(6-21-22-10)25-26(23,24)13(18,19)20/h1-2,4-6H,3H2. The summed E-state index contributed by atoms with van der Waals surface area (Å²) in [6.07, 6.45) is -4.70. The summed E-state index contributed by atoms with van der Waals surface area (Å²) in [6, 6.07) is 2.38. The molecule has 1 aromatic carbocycles. The molecular formula is C13H7F7N2O3S. The van der Waals surface area contributed by atoms with Gasteiger partial charge < -0.3 is 4.18 Å². The zero-order valence-corrected chi connectivity index (χ0v) is 13.1. The average Bonchev–Trinajstić information content (AvgIpc) is 2.44. The predicted molar refractivity (Wildman–Crippen MR) is 71.8 cm³/mol. The molecule has 0 radical (unpaired) electrons. The van der Waals surface area contributed by atoms with Crippen LogP contribution in [0.3, 0.4) is 0 Å². The lowest BCUT2D eigenvalue weighted by Crippen LogP contribution is -2.28. The van der Waals surface area contributed by atoms with Gasteiger partial charge in [0.1, 0.15) is 5.82 Å². The first-order valence-electron chi connectivity index (χ1n) is 6.47. The summed E-state index contributed by atoms with van der Waals surface area (Å²) in [5, 5.41) is 6.66. The van der Waals surface area contributed by atoms with Gasteiger partial charge in [-0.15, -0.1) is 0 Å². The quantitative estimate of drug-likeness (QED) is 0.444. The molecule has 0 aliphatic carbocycles. The molecule has 0 unspecified atom stereocenters. The Hall–Kier alpha value is -2.44. The van der Waals surface area contributed by atoms with Gasteiger partial charge >= 0.3 is 21.8 Å². The van der Waals surface area contributed by atoms with E-state index >= 15 is 0 Å². The molecule has 142 valence electrons. The molecule has 0 N–H and O–H groups in total. The molecule has 26 heavy (non-hydrogen) atoms. The summed E-state index contributed by atoms with van der Waals surface area (Å²) in [4.78, 5) is 0. The van der Waals surface area contributed by atoms with Gasteiger partial charge in [0.15, 0.2) is 5.75 Å². The third kappa shape index (κ3) is 4.80. The lowest BCUT2D eigenvalue weighted by atomic mass is 10.1. The fourth-order valence-electron chi connectivity index (χ4n) is 1.82. The van der Waals surface area contributed by atoms with Gasteiger partial charge in [0.05, 0.1) is 17.5 Å². The first-order chi connectivity index (χ1) is 11.8. The van der Waals surface area contributed by atoms with Crippen LogP contribution in [0.2, 0.25) is 0 Å². The number of halogens is 7. The summed E-state index contributed by atoms with van der Waals surface area (Å²) < 4.78 is 114. The van der Waals surface area contributed by atoms with Gasteiger partial charge in [0.25, 0.3) is 0 Å². The minimum atomic E-state index is -5.95. The van der Waals surface area contributed by atoms with Gasteiger partial charge in [-0.1, -0.05) is 0 Å². The molecule has 1 heterocycles. The number of alkyl halides is 6. The molecule has 5 nitrogen and oxygen atoms in total. The maximum Gasteiger partial charge on any atom is 0.534 e. The van der Waals surface area contributed by atoms with Crippen LogP contribution in [0.25, 0.3) is 0 Å². The zero-order valence-electron chi connectivity index (χ0n) is 12.3. The van der Waals surface area contributed by atoms with Crippen molar-refractivity contribution in [3.63, 3.8) is 0 Å². The molecule has 0 fully saturated rings. The Balaban J connectivity index is 2.29. The maximum atomic E-state index is 13.3. The fraction of sp³-hybridized carbons (Fsp3) is 0.231. The van der Waals surface area contributed by atoms with Crippen molar-refractivity contribution in [3.05, 3.63) is 53.1 Å². The summed E-state index contributed by atoms with van der Waals surface area (Å²) >= 11 is 0. The highest BCUT2D eigenvalue weighted by atomic mass is 32.2. The van der Waals surface area contributed by atoms with Gasteiger partial charge in [0, 0.05) is 12.5 Å². The van der Waals surface area contributed by atoms with Crippen molar-refractivity contribution >= 4 is 10.1 Å². The molecule has 0 aliphatic rings. The van der Waals surface area contributed by atoms with Crippen LogP contribution in [0.5, 0.6) is 5.75 Å². The van der Waals surface area contributed by atoms with Crippen molar-refractivity contribution in [2.75, 3.05) is 0 Å². The molecule has 0 atom stereocenters. The molecule has 0 spiro atoms. The number of rotatable bonds is 4. The van der Waals surface area contributed by atoms with Crippen molar-refractivity contribution in [2.45, 2.75) is 18.1 Å². The molecule has 0 aliphatic heterocycles. The van der Waals surface area contributed by atoms with Crippen LogP contribution in [-0.4, -0.2) is 24.1 Å². The van der Waals surface area contributed by atoms with Crippen LogP contribution in [0.1, 0.15) is 16.8 Å². The average molecular weight is 404 g/mol. The van der Waals surface area contributed by atoms with Crippen LogP contribution in [0, 0.1) is 5.82 Å². The Morgan fingerprint density at radius 2 is 1.65 bits per heavy atom. The van der Waals surface area contributed by atoms with Crippen LogP contribution in [-0.2, 0) is 22.7 Å². The molecule has 13 heteroatoms. The first kappa shape index (κ1) is 19.9. The van der Waals surface area contributed by atoms with E-state index in [0.29, 0.717) is 12.3 Å². The second-order valence-corrected chi connectivity index (χ2v) is 6.43. The third-order valence-electron chi connectivity index (χ3n) is 2.84. The fourth-order valence-corrected chi connectivity index (χ4v) is 2.26. The van der Waals surface area contributed by atoms with Crippen LogP contribution in [0.15, 0.2) is 30.5 Å². The Morgan fingerprint density at radius 3 is 2.23 bits per heavy atom. The Kier molecular flexibility index (Phi) is 5.12. The van der Waals surface area contributed by atoms with E-state index < -0.39 is 45.4 Å². The first-order valence-corrected chi connectivity index (χ1v) is 7.88. The number of benzene rings is 1. The summed E-state index contributed by atoms with van der Waals surface area (Å²) in [5.41, 5.74) is -7.39. The third-order valence-corrected chi connectivity index (χ3v) is 3.82. The lowest BCUT2D eigenvalue weighted by molar-refractivity contribution is -0.137. The minimum absolute atomic E-state index is 0.206. The summed E-state index contributed by atoms with van der Waals surface area (Å²) in [5.74, 6) is -2.03. The molecule has 0 amide bonds. The summed E-state index contributed by atoms with van der Waals surface area (Å²) in [6.45, 7) is 0. The van der Waals surface area contributed by atoms with Gasteiger partial charge in [-0.3, -0.25) is 0 Å². The smallest absolute Gasteiger partial charge is 0.374 e. The highest BCUT2D eigenvalue weighted by molar-refractivity contribution is 7.87. The van der Waals surface area contributed by atoms with E-state index in [1.165, 1.54) is 0 Å². The number of hydrogen-bond acceptors (Lipinski definition) is 5. The van der Waals surface area contributed by atoms with E-state index in [1.807, 2.05) is 0 Å². The molecule has 1 aromatic heterocycles. The molecule has 0 saturated heterocycles. The highest BCUT2D eigenvalue weighted by Crippen LogP contribution is 2.31. The van der Waals surface area contributed by atoms with Crippen molar-refractivity contribution in [1.29, 1.82) is 0 Å². The molecule has 0 saturated carbocycles. The number of aromatic nitrogens is 2.